The number of carbonyl (C=O) groups is 1. The number of Topliss-reactive ketones (excluding diaryl/α,β-unsaturated/α-hetero) is 1. The van der Waals surface area contributed by atoms with Gasteiger partial charge in [-0.05, 0) is 12.3 Å². The first kappa shape index (κ1) is 15.6. The Balaban J connectivity index is 5.02. The Morgan fingerprint density at radius 1 is 1.25 bits per heavy atom. The van der Waals surface area contributed by atoms with Crippen molar-refractivity contribution < 1.29 is 13.2 Å². The van der Waals surface area contributed by atoms with E-state index < -0.39 is 22.3 Å². The predicted octanol–water partition coefficient (Wildman–Crippen LogP) is 1.47. The maximum atomic E-state index is 12.1. The van der Waals surface area contributed by atoms with Gasteiger partial charge in [0.1, 0.15) is 0 Å². The smallest absolute Gasteiger partial charge is 0.204 e. The number of ketones is 1. The number of likely N-dealkylation sites (N-methyl/N-ethyl adjacent to an activating group) is 1. The van der Waals surface area contributed by atoms with Crippen LogP contribution in [0.2, 0.25) is 0 Å². The Labute approximate surface area is 100 Å². The first-order valence-electron chi connectivity index (χ1n) is 5.48. The van der Waals surface area contributed by atoms with Crippen molar-refractivity contribution in [2.75, 3.05) is 7.05 Å². The summed E-state index contributed by atoms with van der Waals surface area (Å²) in [5.74, 6) is 0.261. The maximum Gasteiger partial charge on any atom is 0.204 e. The first-order chi connectivity index (χ1) is 7.07. The zero-order chi connectivity index (χ0) is 13.1. The molecule has 0 rings (SSSR count). The normalized spacial score (nSPS) is 14.8. The molecule has 0 saturated heterocycles. The van der Waals surface area contributed by atoms with Gasteiger partial charge in [0.05, 0.1) is 6.04 Å². The highest BCUT2D eigenvalue weighted by Crippen LogP contribution is 2.23. The molecule has 0 aliphatic rings. The van der Waals surface area contributed by atoms with Gasteiger partial charge in [-0.1, -0.05) is 34.6 Å². The lowest BCUT2D eigenvalue weighted by atomic mass is 9.84. The number of nitrogens with zero attached hydrogens (tertiary/aromatic N) is 1. The van der Waals surface area contributed by atoms with E-state index in [1.165, 1.54) is 7.05 Å². The first-order valence-corrected chi connectivity index (χ1v) is 6.61. The Morgan fingerprint density at radius 3 is 1.94 bits per heavy atom. The van der Waals surface area contributed by atoms with Gasteiger partial charge in [-0.2, -0.15) is 4.31 Å². The Hall–Kier alpha value is -0.420. The highest BCUT2D eigenvalue weighted by molar-refractivity contribution is 7.69. The van der Waals surface area contributed by atoms with Gasteiger partial charge in [0.2, 0.25) is 10.9 Å². The molecule has 0 aromatic heterocycles. The lowest BCUT2D eigenvalue weighted by Crippen LogP contribution is -2.44. The van der Waals surface area contributed by atoms with Crippen molar-refractivity contribution in [3.05, 3.63) is 0 Å². The van der Waals surface area contributed by atoms with Crippen LogP contribution in [0.25, 0.3) is 0 Å². The third-order valence-corrected chi connectivity index (χ3v) is 3.24. The van der Waals surface area contributed by atoms with Gasteiger partial charge >= 0.3 is 0 Å². The molecule has 0 saturated carbocycles. The maximum absolute atomic E-state index is 12.1. The minimum atomic E-state index is -2.70. The summed E-state index contributed by atoms with van der Waals surface area (Å²) in [5, 5.41) is 0. The lowest BCUT2D eigenvalue weighted by Gasteiger charge is -2.29. The standard InChI is InChI=1S/C11H23NO3S/c1-8(2)7-9(12(6)16(14)15)10(13)11(3,4)5/h8-9,16H,7H2,1-6H3/t9-/m1/s1. The summed E-state index contributed by atoms with van der Waals surface area (Å²) < 4.78 is 23.1. The van der Waals surface area contributed by atoms with Crippen molar-refractivity contribution in [2.24, 2.45) is 11.3 Å². The van der Waals surface area contributed by atoms with Gasteiger partial charge in [0.15, 0.2) is 5.78 Å². The molecule has 0 aliphatic carbocycles. The van der Waals surface area contributed by atoms with Gasteiger partial charge in [-0.15, -0.1) is 0 Å². The molecule has 1 atom stereocenters. The van der Waals surface area contributed by atoms with Crippen LogP contribution in [0, 0.1) is 11.3 Å². The second-order valence-corrected chi connectivity index (χ2v) is 6.68. The molecule has 5 heteroatoms. The third-order valence-electron chi connectivity index (χ3n) is 2.45. The molecule has 96 valence electrons. The quantitative estimate of drug-likeness (QED) is 0.751. The summed E-state index contributed by atoms with van der Waals surface area (Å²) in [6.07, 6.45) is 0.565. The van der Waals surface area contributed by atoms with Gasteiger partial charge in [0.25, 0.3) is 0 Å². The zero-order valence-corrected chi connectivity index (χ0v) is 11.9. The van der Waals surface area contributed by atoms with E-state index in [9.17, 15) is 13.2 Å². The summed E-state index contributed by atoms with van der Waals surface area (Å²) in [4.78, 5) is 12.1. The van der Waals surface area contributed by atoms with Crippen molar-refractivity contribution in [1.29, 1.82) is 0 Å². The molecule has 0 unspecified atom stereocenters. The zero-order valence-electron chi connectivity index (χ0n) is 11.0. The summed E-state index contributed by atoms with van der Waals surface area (Å²) in [7, 11) is -1.24. The fraction of sp³-hybridized carbons (Fsp3) is 0.909. The van der Waals surface area contributed by atoms with Crippen LogP contribution >= 0.6 is 0 Å². The van der Waals surface area contributed by atoms with Gasteiger partial charge in [-0.3, -0.25) is 4.79 Å². The number of hydrogen-bond donors (Lipinski definition) is 1. The second-order valence-electron chi connectivity index (χ2n) is 5.57. The number of carbonyl (C=O) groups excluding carboxylic acids is 1. The average molecular weight is 249 g/mol. The highest BCUT2D eigenvalue weighted by Gasteiger charge is 2.33. The molecular weight excluding hydrogens is 226 g/mol. The van der Waals surface area contributed by atoms with E-state index in [2.05, 4.69) is 0 Å². The molecule has 0 fully saturated rings. The van der Waals surface area contributed by atoms with Crippen molar-refractivity contribution in [3.8, 4) is 0 Å². The van der Waals surface area contributed by atoms with E-state index in [4.69, 9.17) is 0 Å². The van der Waals surface area contributed by atoms with Gasteiger partial charge in [0, 0.05) is 12.5 Å². The Bertz CT molecular complexity index is 308. The fourth-order valence-corrected chi connectivity index (χ4v) is 1.92. The van der Waals surface area contributed by atoms with Crippen LogP contribution < -0.4 is 0 Å². The molecule has 16 heavy (non-hydrogen) atoms. The van der Waals surface area contributed by atoms with Crippen LogP contribution in [0.15, 0.2) is 0 Å². The van der Waals surface area contributed by atoms with E-state index in [1.54, 1.807) is 0 Å². The van der Waals surface area contributed by atoms with Crippen molar-refractivity contribution in [2.45, 2.75) is 47.1 Å². The second kappa shape index (κ2) is 5.77. The predicted molar refractivity (Wildman–Crippen MR) is 65.8 cm³/mol. The van der Waals surface area contributed by atoms with Crippen LogP contribution in [0.5, 0.6) is 0 Å². The monoisotopic (exact) mass is 249 g/mol. The summed E-state index contributed by atoms with van der Waals surface area (Å²) >= 11 is 0. The van der Waals surface area contributed by atoms with Crippen LogP contribution in [-0.4, -0.2) is 31.6 Å². The minimum absolute atomic E-state index is 0.0251. The largest absolute Gasteiger partial charge is 0.297 e. The van der Waals surface area contributed by atoms with E-state index in [0.29, 0.717) is 6.42 Å². The van der Waals surface area contributed by atoms with Gasteiger partial charge < -0.3 is 0 Å². The SMILES string of the molecule is CC(C)C[C@H](C(=O)C(C)(C)C)N(C)[SH](=O)=O. The van der Waals surface area contributed by atoms with Crippen molar-refractivity contribution in [3.63, 3.8) is 0 Å². The number of thiol groups is 1. The van der Waals surface area contributed by atoms with E-state index >= 15 is 0 Å². The molecule has 0 amide bonds. The molecule has 0 bridgehead atoms. The molecule has 0 spiro atoms. The molecule has 0 radical (unpaired) electrons. The molecule has 0 aromatic rings. The summed E-state index contributed by atoms with van der Waals surface area (Å²) in [6, 6.07) is -0.541. The van der Waals surface area contributed by atoms with Crippen molar-refractivity contribution in [1.82, 2.24) is 4.31 Å². The molecule has 0 aliphatic heterocycles. The van der Waals surface area contributed by atoms with E-state index in [0.717, 1.165) is 4.31 Å². The lowest BCUT2D eigenvalue weighted by molar-refractivity contribution is -0.130. The van der Waals surface area contributed by atoms with Crippen molar-refractivity contribution >= 4 is 16.7 Å². The van der Waals surface area contributed by atoms with Gasteiger partial charge in [-0.25, -0.2) is 8.42 Å². The molecule has 0 aromatic carbocycles. The Morgan fingerprint density at radius 2 is 1.69 bits per heavy atom. The van der Waals surface area contributed by atoms with Crippen LogP contribution in [0.4, 0.5) is 0 Å². The van der Waals surface area contributed by atoms with Crippen LogP contribution in [0.1, 0.15) is 41.0 Å². The minimum Gasteiger partial charge on any atom is -0.297 e. The average Bonchev–Trinajstić information content (AvgIpc) is 2.09. The van der Waals surface area contributed by atoms with Crippen LogP contribution in [-0.2, 0) is 15.7 Å². The molecule has 0 N–H and O–H groups in total. The molecule has 4 nitrogen and oxygen atoms in total. The molecule has 0 heterocycles. The number of hydrogen-bond acceptors (Lipinski definition) is 3. The van der Waals surface area contributed by atoms with Crippen LogP contribution in [0.3, 0.4) is 0 Å². The summed E-state index contributed by atoms with van der Waals surface area (Å²) in [6.45, 7) is 9.40. The van der Waals surface area contributed by atoms with E-state index in [1.807, 2.05) is 34.6 Å². The number of rotatable bonds is 5. The Kier molecular flexibility index (Phi) is 5.62. The fourth-order valence-electron chi connectivity index (χ4n) is 1.49. The third kappa shape index (κ3) is 4.61. The summed E-state index contributed by atoms with van der Waals surface area (Å²) in [5.41, 5.74) is -0.515. The topological polar surface area (TPSA) is 54.5 Å². The highest BCUT2D eigenvalue weighted by atomic mass is 32.2. The van der Waals surface area contributed by atoms with E-state index in [-0.39, 0.29) is 11.7 Å². The molecular formula is C11H23NO3S.